The van der Waals surface area contributed by atoms with E-state index in [2.05, 4.69) is 20.6 Å². The zero-order valence-corrected chi connectivity index (χ0v) is 16.1. The Hall–Kier alpha value is -3.80. The minimum absolute atomic E-state index is 0.227. The van der Waals surface area contributed by atoms with Gasteiger partial charge in [-0.05, 0) is 60.5 Å². The maximum Gasteiger partial charge on any atom is 0.319 e. The lowest BCUT2D eigenvalue weighted by molar-refractivity contribution is 0.252. The fraction of sp³-hybridized carbons (Fsp3) is 0.130. The van der Waals surface area contributed by atoms with Crippen LogP contribution >= 0.6 is 0 Å². The smallest absolute Gasteiger partial charge is 0.319 e. The first-order chi connectivity index (χ1) is 14.2. The van der Waals surface area contributed by atoms with E-state index in [1.165, 1.54) is 0 Å². The summed E-state index contributed by atoms with van der Waals surface area (Å²) in [6.45, 7) is 0.551. The van der Waals surface area contributed by atoms with Crippen LogP contribution in [0.25, 0.3) is 22.4 Å². The van der Waals surface area contributed by atoms with E-state index in [9.17, 15) is 4.79 Å². The molecule has 0 fully saturated rings. The van der Waals surface area contributed by atoms with E-state index in [1.807, 2.05) is 72.8 Å². The van der Waals surface area contributed by atoms with Gasteiger partial charge in [0.15, 0.2) is 0 Å². The van der Waals surface area contributed by atoms with Crippen LogP contribution < -0.4 is 15.4 Å². The molecular weight excluding hydrogens is 364 g/mol. The van der Waals surface area contributed by atoms with Gasteiger partial charge in [-0.3, -0.25) is 0 Å². The summed E-state index contributed by atoms with van der Waals surface area (Å²) in [7, 11) is 1.64. The fourth-order valence-electron chi connectivity index (χ4n) is 3.09. The van der Waals surface area contributed by atoms with Crippen molar-refractivity contribution in [2.24, 2.45) is 0 Å². The van der Waals surface area contributed by atoms with E-state index in [0.29, 0.717) is 6.54 Å². The second-order valence-electron chi connectivity index (χ2n) is 6.66. The van der Waals surface area contributed by atoms with E-state index < -0.39 is 0 Å². The number of fused-ring (bicyclic) bond motifs is 1. The molecule has 146 valence electrons. The number of para-hydroxylation sites is 2. The maximum absolute atomic E-state index is 12.1. The number of nitrogens with zero attached hydrogens (tertiary/aromatic N) is 1. The molecule has 0 unspecified atom stereocenters. The van der Waals surface area contributed by atoms with E-state index in [1.54, 1.807) is 7.11 Å². The monoisotopic (exact) mass is 386 g/mol. The van der Waals surface area contributed by atoms with Gasteiger partial charge in [0.25, 0.3) is 0 Å². The van der Waals surface area contributed by atoms with Gasteiger partial charge in [-0.15, -0.1) is 0 Å². The molecule has 0 radical (unpaired) electrons. The van der Waals surface area contributed by atoms with Crippen molar-refractivity contribution in [3.8, 4) is 17.1 Å². The Labute approximate surface area is 168 Å². The van der Waals surface area contributed by atoms with Crippen LogP contribution in [0.4, 0.5) is 10.5 Å². The van der Waals surface area contributed by atoms with E-state index in [0.717, 1.165) is 45.8 Å². The van der Waals surface area contributed by atoms with Gasteiger partial charge in [-0.1, -0.05) is 24.3 Å². The number of methoxy groups -OCH3 is 1. The van der Waals surface area contributed by atoms with Crippen molar-refractivity contribution in [2.75, 3.05) is 19.0 Å². The summed E-state index contributed by atoms with van der Waals surface area (Å²) >= 11 is 0. The molecular formula is C23H22N4O2. The summed E-state index contributed by atoms with van der Waals surface area (Å²) in [6, 6.07) is 23.1. The number of aromatic nitrogens is 2. The van der Waals surface area contributed by atoms with Gasteiger partial charge in [0, 0.05) is 17.8 Å². The summed E-state index contributed by atoms with van der Waals surface area (Å²) < 4.78 is 5.14. The van der Waals surface area contributed by atoms with Gasteiger partial charge in [0.1, 0.15) is 11.6 Å². The summed E-state index contributed by atoms with van der Waals surface area (Å²) in [5, 5.41) is 5.72. The van der Waals surface area contributed by atoms with Crippen molar-refractivity contribution >= 4 is 22.8 Å². The number of anilines is 1. The predicted octanol–water partition coefficient (Wildman–Crippen LogP) is 4.60. The number of nitrogens with one attached hydrogen (secondary N) is 3. The normalized spacial score (nSPS) is 10.7. The van der Waals surface area contributed by atoms with E-state index >= 15 is 0 Å². The molecule has 4 rings (SSSR count). The van der Waals surface area contributed by atoms with Crippen molar-refractivity contribution in [1.82, 2.24) is 15.3 Å². The summed E-state index contributed by atoms with van der Waals surface area (Å²) in [5.74, 6) is 1.63. The number of H-pyrrole nitrogens is 1. The number of rotatable bonds is 6. The summed E-state index contributed by atoms with van der Waals surface area (Å²) in [6.07, 6.45) is 0.752. The molecule has 0 aliphatic carbocycles. The zero-order valence-electron chi connectivity index (χ0n) is 16.1. The number of carbonyl (C=O) groups is 1. The van der Waals surface area contributed by atoms with Crippen LogP contribution in [0, 0.1) is 0 Å². The first-order valence-corrected chi connectivity index (χ1v) is 9.44. The Bertz CT molecular complexity index is 1070. The third-order valence-corrected chi connectivity index (χ3v) is 4.66. The highest BCUT2D eigenvalue weighted by Gasteiger charge is 2.06. The Morgan fingerprint density at radius 2 is 1.76 bits per heavy atom. The molecule has 0 aliphatic heterocycles. The van der Waals surface area contributed by atoms with Crippen LogP contribution in [-0.2, 0) is 6.42 Å². The summed E-state index contributed by atoms with van der Waals surface area (Å²) in [5.41, 5.74) is 4.77. The minimum atomic E-state index is -0.227. The Kier molecular flexibility index (Phi) is 5.42. The molecule has 0 atom stereocenters. The zero-order chi connectivity index (χ0) is 20.1. The van der Waals surface area contributed by atoms with Crippen LogP contribution in [-0.4, -0.2) is 29.7 Å². The van der Waals surface area contributed by atoms with Crippen LogP contribution in [0.1, 0.15) is 5.56 Å². The van der Waals surface area contributed by atoms with Gasteiger partial charge < -0.3 is 20.4 Å². The van der Waals surface area contributed by atoms with Crippen molar-refractivity contribution in [2.45, 2.75) is 6.42 Å². The van der Waals surface area contributed by atoms with Crippen molar-refractivity contribution < 1.29 is 9.53 Å². The lowest BCUT2D eigenvalue weighted by atomic mass is 10.1. The Morgan fingerprint density at radius 1 is 1.00 bits per heavy atom. The predicted molar refractivity (Wildman–Crippen MR) is 115 cm³/mol. The van der Waals surface area contributed by atoms with Gasteiger partial charge in [0.05, 0.1) is 18.1 Å². The second-order valence-corrected chi connectivity index (χ2v) is 6.66. The molecule has 6 nitrogen and oxygen atoms in total. The van der Waals surface area contributed by atoms with Crippen LogP contribution in [0.2, 0.25) is 0 Å². The molecule has 29 heavy (non-hydrogen) atoms. The third kappa shape index (κ3) is 4.55. The number of benzene rings is 3. The number of amides is 2. The molecule has 6 heteroatoms. The average molecular weight is 386 g/mol. The Morgan fingerprint density at radius 3 is 2.48 bits per heavy atom. The van der Waals surface area contributed by atoms with Crippen molar-refractivity contribution in [1.29, 1.82) is 0 Å². The first kappa shape index (κ1) is 18.6. The highest BCUT2D eigenvalue weighted by atomic mass is 16.5. The van der Waals surface area contributed by atoms with Gasteiger partial charge in [0.2, 0.25) is 0 Å². The first-order valence-electron chi connectivity index (χ1n) is 9.44. The third-order valence-electron chi connectivity index (χ3n) is 4.66. The molecule has 0 bridgehead atoms. The molecule has 2 amide bonds. The number of ether oxygens (including phenoxy) is 1. The average Bonchev–Trinajstić information content (AvgIpc) is 3.19. The number of hydrogen-bond acceptors (Lipinski definition) is 3. The second kappa shape index (κ2) is 8.48. The van der Waals surface area contributed by atoms with Crippen LogP contribution in [0.15, 0.2) is 72.8 Å². The van der Waals surface area contributed by atoms with E-state index in [4.69, 9.17) is 4.74 Å². The lowest BCUT2D eigenvalue weighted by Gasteiger charge is -2.08. The lowest BCUT2D eigenvalue weighted by Crippen LogP contribution is -2.30. The SMILES string of the molecule is COc1ccc(CCNC(=O)Nc2ccc(-c3nc4ccccc4[nH]3)cc2)cc1. The van der Waals surface area contributed by atoms with Crippen LogP contribution in [0.5, 0.6) is 5.75 Å². The highest BCUT2D eigenvalue weighted by molar-refractivity contribution is 5.89. The molecule has 3 N–H and O–H groups in total. The highest BCUT2D eigenvalue weighted by Crippen LogP contribution is 2.22. The number of hydrogen-bond donors (Lipinski definition) is 3. The standard InChI is InChI=1S/C23H22N4O2/c1-29-19-12-6-16(7-13-19)14-15-24-23(28)25-18-10-8-17(9-11-18)22-26-20-4-2-3-5-21(20)27-22/h2-13H,14-15H2,1H3,(H,26,27)(H2,24,25,28). The minimum Gasteiger partial charge on any atom is -0.497 e. The van der Waals surface area contributed by atoms with Gasteiger partial charge in [-0.2, -0.15) is 0 Å². The maximum atomic E-state index is 12.1. The quantitative estimate of drug-likeness (QED) is 0.453. The molecule has 1 heterocycles. The van der Waals surface area contributed by atoms with Gasteiger partial charge in [-0.25, -0.2) is 9.78 Å². The largest absolute Gasteiger partial charge is 0.497 e. The number of aromatic amines is 1. The number of carbonyl (C=O) groups excluding carboxylic acids is 1. The van der Waals surface area contributed by atoms with Crippen molar-refractivity contribution in [3.05, 3.63) is 78.4 Å². The van der Waals surface area contributed by atoms with Crippen LogP contribution in [0.3, 0.4) is 0 Å². The summed E-state index contributed by atoms with van der Waals surface area (Å²) in [4.78, 5) is 20.0. The molecule has 3 aromatic carbocycles. The molecule has 0 saturated heterocycles. The number of imidazole rings is 1. The molecule has 4 aromatic rings. The number of urea groups is 1. The topological polar surface area (TPSA) is 79.0 Å². The van der Waals surface area contributed by atoms with Gasteiger partial charge >= 0.3 is 6.03 Å². The molecule has 0 saturated carbocycles. The molecule has 1 aromatic heterocycles. The Balaban J connectivity index is 1.30. The molecule has 0 aliphatic rings. The van der Waals surface area contributed by atoms with Crippen molar-refractivity contribution in [3.63, 3.8) is 0 Å². The van der Waals surface area contributed by atoms with E-state index in [-0.39, 0.29) is 6.03 Å². The fourth-order valence-corrected chi connectivity index (χ4v) is 3.09. The molecule has 0 spiro atoms.